The highest BCUT2D eigenvalue weighted by molar-refractivity contribution is 6.31. The van der Waals surface area contributed by atoms with Gasteiger partial charge in [-0.05, 0) is 53.6 Å². The summed E-state index contributed by atoms with van der Waals surface area (Å²) in [6.45, 7) is 0. The molecule has 2 nitrogen and oxygen atoms in total. The first-order valence-electron chi connectivity index (χ1n) is 8.22. The molecule has 2 atom stereocenters. The lowest BCUT2D eigenvalue weighted by Crippen LogP contribution is -2.15. The molecular formula is C21H18Cl3NO. The fourth-order valence-electron chi connectivity index (χ4n) is 2.80. The molecule has 0 saturated heterocycles. The zero-order valence-electron chi connectivity index (χ0n) is 13.9. The Morgan fingerprint density at radius 1 is 0.731 bits per heavy atom. The van der Waals surface area contributed by atoms with Crippen molar-refractivity contribution >= 4 is 40.5 Å². The SMILES string of the molecule is OC(CC(Nc1cccc(Cl)c1)c1ccc(Cl)cc1)c1ccc(Cl)cc1. The Hall–Kier alpha value is -1.71. The number of halogens is 3. The summed E-state index contributed by atoms with van der Waals surface area (Å²) in [5.74, 6) is 0. The topological polar surface area (TPSA) is 32.3 Å². The van der Waals surface area contributed by atoms with Crippen LogP contribution < -0.4 is 5.32 Å². The van der Waals surface area contributed by atoms with Gasteiger partial charge in [-0.15, -0.1) is 0 Å². The van der Waals surface area contributed by atoms with E-state index >= 15 is 0 Å². The van der Waals surface area contributed by atoms with E-state index < -0.39 is 6.10 Å². The van der Waals surface area contributed by atoms with E-state index in [4.69, 9.17) is 34.8 Å². The molecule has 2 unspecified atom stereocenters. The lowest BCUT2D eigenvalue weighted by atomic mass is 9.96. The molecule has 0 fully saturated rings. The van der Waals surface area contributed by atoms with Gasteiger partial charge in [0.15, 0.2) is 0 Å². The van der Waals surface area contributed by atoms with Crippen LogP contribution in [-0.2, 0) is 0 Å². The van der Waals surface area contributed by atoms with Crippen molar-refractivity contribution in [3.63, 3.8) is 0 Å². The van der Waals surface area contributed by atoms with Crippen molar-refractivity contribution in [3.05, 3.63) is 99.0 Å². The third kappa shape index (κ3) is 5.15. The van der Waals surface area contributed by atoms with E-state index in [2.05, 4.69) is 5.32 Å². The van der Waals surface area contributed by atoms with Gasteiger partial charge in [0.1, 0.15) is 0 Å². The zero-order chi connectivity index (χ0) is 18.5. The largest absolute Gasteiger partial charge is 0.388 e. The summed E-state index contributed by atoms with van der Waals surface area (Å²) in [5.41, 5.74) is 2.74. The Kier molecular flexibility index (Phi) is 6.44. The molecule has 0 aliphatic rings. The van der Waals surface area contributed by atoms with Gasteiger partial charge >= 0.3 is 0 Å². The summed E-state index contributed by atoms with van der Waals surface area (Å²) in [5, 5.41) is 16.1. The molecule has 26 heavy (non-hydrogen) atoms. The summed E-state index contributed by atoms with van der Waals surface area (Å²) >= 11 is 18.0. The predicted octanol–water partition coefficient (Wildman–Crippen LogP) is 6.92. The summed E-state index contributed by atoms with van der Waals surface area (Å²) in [7, 11) is 0. The molecule has 3 aromatic rings. The van der Waals surface area contributed by atoms with Crippen molar-refractivity contribution in [1.29, 1.82) is 0 Å². The smallest absolute Gasteiger partial charge is 0.0813 e. The van der Waals surface area contributed by atoms with Crippen LogP contribution in [0, 0.1) is 0 Å². The number of aliphatic hydroxyl groups excluding tert-OH is 1. The van der Waals surface area contributed by atoms with Crippen molar-refractivity contribution in [2.45, 2.75) is 18.6 Å². The number of aliphatic hydroxyl groups is 1. The molecule has 0 radical (unpaired) electrons. The van der Waals surface area contributed by atoms with Gasteiger partial charge in [0, 0.05) is 27.2 Å². The average Bonchev–Trinajstić information content (AvgIpc) is 2.62. The number of rotatable bonds is 6. The van der Waals surface area contributed by atoms with Crippen LogP contribution in [0.1, 0.15) is 29.7 Å². The Bertz CT molecular complexity index is 850. The van der Waals surface area contributed by atoms with E-state index in [-0.39, 0.29) is 6.04 Å². The Morgan fingerprint density at radius 3 is 1.88 bits per heavy atom. The molecule has 5 heteroatoms. The summed E-state index contributed by atoms with van der Waals surface area (Å²) in [6, 6.07) is 22.2. The fraction of sp³-hybridized carbons (Fsp3) is 0.143. The summed E-state index contributed by atoms with van der Waals surface area (Å²) in [6.07, 6.45) is -0.157. The Labute approximate surface area is 168 Å². The van der Waals surface area contributed by atoms with Crippen LogP contribution in [0.25, 0.3) is 0 Å². The van der Waals surface area contributed by atoms with E-state index in [0.29, 0.717) is 21.5 Å². The second kappa shape index (κ2) is 8.79. The van der Waals surface area contributed by atoms with E-state index in [1.807, 2.05) is 60.7 Å². The van der Waals surface area contributed by atoms with Gasteiger partial charge in [0.2, 0.25) is 0 Å². The molecule has 0 aromatic heterocycles. The fourth-order valence-corrected chi connectivity index (χ4v) is 3.24. The predicted molar refractivity (Wildman–Crippen MR) is 110 cm³/mol. The van der Waals surface area contributed by atoms with Crippen LogP contribution in [0.3, 0.4) is 0 Å². The standard InChI is InChI=1S/C21H18Cl3NO/c22-16-8-4-14(5-9-16)20(25-19-3-1-2-18(24)12-19)13-21(26)15-6-10-17(23)11-7-15/h1-12,20-21,25-26H,13H2. The maximum Gasteiger partial charge on any atom is 0.0813 e. The van der Waals surface area contributed by atoms with Gasteiger partial charge < -0.3 is 10.4 Å². The first-order valence-corrected chi connectivity index (χ1v) is 9.36. The molecule has 0 aliphatic carbocycles. The van der Waals surface area contributed by atoms with Gasteiger partial charge in [-0.1, -0.05) is 65.1 Å². The van der Waals surface area contributed by atoms with E-state index in [1.165, 1.54) is 0 Å². The maximum absolute atomic E-state index is 10.7. The second-order valence-electron chi connectivity index (χ2n) is 6.06. The average molecular weight is 407 g/mol. The van der Waals surface area contributed by atoms with Gasteiger partial charge in [-0.25, -0.2) is 0 Å². The monoisotopic (exact) mass is 405 g/mol. The van der Waals surface area contributed by atoms with Crippen molar-refractivity contribution in [2.75, 3.05) is 5.32 Å². The minimum Gasteiger partial charge on any atom is -0.388 e. The highest BCUT2D eigenvalue weighted by atomic mass is 35.5. The normalized spacial score (nSPS) is 13.2. The second-order valence-corrected chi connectivity index (χ2v) is 7.37. The molecule has 0 heterocycles. The van der Waals surface area contributed by atoms with Crippen LogP contribution in [0.5, 0.6) is 0 Å². The Balaban J connectivity index is 1.84. The highest BCUT2D eigenvalue weighted by Crippen LogP contribution is 2.31. The van der Waals surface area contributed by atoms with Gasteiger partial charge in [0.05, 0.1) is 12.1 Å². The van der Waals surface area contributed by atoms with Crippen molar-refractivity contribution < 1.29 is 5.11 Å². The molecule has 0 spiro atoms. The van der Waals surface area contributed by atoms with Crippen molar-refractivity contribution in [1.82, 2.24) is 0 Å². The van der Waals surface area contributed by atoms with Crippen LogP contribution in [0.2, 0.25) is 15.1 Å². The van der Waals surface area contributed by atoms with Crippen LogP contribution in [0.15, 0.2) is 72.8 Å². The summed E-state index contributed by atoms with van der Waals surface area (Å²) in [4.78, 5) is 0. The van der Waals surface area contributed by atoms with E-state index in [1.54, 1.807) is 12.1 Å². The number of hydrogen-bond donors (Lipinski definition) is 2. The number of benzene rings is 3. The molecule has 0 amide bonds. The molecule has 3 aromatic carbocycles. The van der Waals surface area contributed by atoms with Crippen LogP contribution in [-0.4, -0.2) is 5.11 Å². The van der Waals surface area contributed by atoms with Gasteiger partial charge in [-0.3, -0.25) is 0 Å². The number of hydrogen-bond acceptors (Lipinski definition) is 2. The molecule has 2 N–H and O–H groups in total. The molecular weight excluding hydrogens is 389 g/mol. The maximum atomic E-state index is 10.7. The van der Waals surface area contributed by atoms with E-state index in [9.17, 15) is 5.11 Å². The van der Waals surface area contributed by atoms with Crippen molar-refractivity contribution in [2.24, 2.45) is 0 Å². The molecule has 0 aliphatic heterocycles. The third-order valence-electron chi connectivity index (χ3n) is 4.15. The number of nitrogens with one attached hydrogen (secondary N) is 1. The quantitative estimate of drug-likeness (QED) is 0.465. The van der Waals surface area contributed by atoms with E-state index in [0.717, 1.165) is 16.8 Å². The van der Waals surface area contributed by atoms with Crippen molar-refractivity contribution in [3.8, 4) is 0 Å². The lowest BCUT2D eigenvalue weighted by molar-refractivity contribution is 0.160. The third-order valence-corrected chi connectivity index (χ3v) is 4.89. The van der Waals surface area contributed by atoms with Gasteiger partial charge in [-0.2, -0.15) is 0 Å². The van der Waals surface area contributed by atoms with Crippen LogP contribution in [0.4, 0.5) is 5.69 Å². The lowest BCUT2D eigenvalue weighted by Gasteiger charge is -2.24. The van der Waals surface area contributed by atoms with Gasteiger partial charge in [0.25, 0.3) is 0 Å². The zero-order valence-corrected chi connectivity index (χ0v) is 16.1. The minimum absolute atomic E-state index is 0.114. The first kappa shape index (κ1) is 19.1. The molecule has 134 valence electrons. The minimum atomic E-state index is -0.639. The molecule has 0 bridgehead atoms. The molecule has 3 rings (SSSR count). The highest BCUT2D eigenvalue weighted by Gasteiger charge is 2.18. The summed E-state index contributed by atoms with van der Waals surface area (Å²) < 4.78 is 0. The first-order chi connectivity index (χ1) is 12.5. The van der Waals surface area contributed by atoms with Crippen LogP contribution >= 0.6 is 34.8 Å². The molecule has 0 saturated carbocycles. The Morgan fingerprint density at radius 2 is 1.31 bits per heavy atom. The number of anilines is 1.